The summed E-state index contributed by atoms with van der Waals surface area (Å²) in [5, 5.41) is 10.4. The molecule has 1 aromatic rings. The summed E-state index contributed by atoms with van der Waals surface area (Å²) < 4.78 is 24.9. The Labute approximate surface area is 91.6 Å². The van der Waals surface area contributed by atoms with E-state index in [-0.39, 0.29) is 16.6 Å². The molecule has 0 aliphatic heterocycles. The van der Waals surface area contributed by atoms with Crippen LogP contribution in [0.2, 0.25) is 0 Å². The molecule has 0 bridgehead atoms. The fourth-order valence-electron chi connectivity index (χ4n) is 1.05. The molecule has 1 heterocycles. The number of aromatic nitrogens is 1. The van der Waals surface area contributed by atoms with Gasteiger partial charge in [-0.2, -0.15) is 0 Å². The van der Waals surface area contributed by atoms with E-state index in [2.05, 4.69) is 20.9 Å². The van der Waals surface area contributed by atoms with E-state index in [1.807, 2.05) is 0 Å². The van der Waals surface area contributed by atoms with Crippen molar-refractivity contribution >= 4 is 27.4 Å². The van der Waals surface area contributed by atoms with E-state index < -0.39 is 22.7 Å². The smallest absolute Gasteiger partial charge is 0.387 e. The van der Waals surface area contributed by atoms with E-state index >= 15 is 0 Å². The van der Waals surface area contributed by atoms with Crippen LogP contribution in [-0.2, 0) is 5.33 Å². The van der Waals surface area contributed by atoms with Gasteiger partial charge in [0, 0.05) is 10.9 Å². The fraction of sp³-hybridized carbons (Fsp3) is 0.286. The quantitative estimate of drug-likeness (QED) is 0.524. The van der Waals surface area contributed by atoms with Gasteiger partial charge in [-0.1, -0.05) is 15.9 Å². The molecule has 2 N–H and O–H groups in total. The van der Waals surface area contributed by atoms with Crippen LogP contribution < -0.4 is 5.73 Å². The van der Waals surface area contributed by atoms with Crippen LogP contribution in [0.5, 0.6) is 0 Å². The van der Waals surface area contributed by atoms with Crippen LogP contribution in [0.3, 0.4) is 0 Å². The van der Waals surface area contributed by atoms with Crippen molar-refractivity contribution in [3.05, 3.63) is 27.4 Å². The maximum atomic E-state index is 12.4. The second-order valence-corrected chi connectivity index (χ2v) is 3.18. The molecule has 1 rings (SSSR count). The zero-order valence-electron chi connectivity index (χ0n) is 7.28. The molecule has 5 nitrogen and oxygen atoms in total. The first kappa shape index (κ1) is 11.8. The SMILES string of the molecule is Nc1c([N+](=O)[O-])ncc(C(F)F)c1CBr. The lowest BCUT2D eigenvalue weighted by atomic mass is 10.1. The Balaban J connectivity index is 3.39. The normalized spacial score (nSPS) is 10.7. The predicted molar refractivity (Wildman–Crippen MR) is 52.9 cm³/mol. The first-order chi connectivity index (χ1) is 6.99. The van der Waals surface area contributed by atoms with Crippen molar-refractivity contribution in [3.8, 4) is 0 Å². The molecule has 0 amide bonds. The minimum atomic E-state index is -2.76. The van der Waals surface area contributed by atoms with E-state index in [9.17, 15) is 18.9 Å². The average Bonchev–Trinajstić information content (AvgIpc) is 2.16. The molecular weight excluding hydrogens is 276 g/mol. The summed E-state index contributed by atoms with van der Waals surface area (Å²) in [7, 11) is 0. The fourth-order valence-corrected chi connectivity index (χ4v) is 1.68. The predicted octanol–water partition coefficient (Wildman–Crippen LogP) is 2.40. The lowest BCUT2D eigenvalue weighted by Gasteiger charge is -2.07. The lowest BCUT2D eigenvalue weighted by molar-refractivity contribution is -0.388. The van der Waals surface area contributed by atoms with E-state index in [1.54, 1.807) is 0 Å². The third kappa shape index (κ3) is 2.20. The molecule has 0 aliphatic carbocycles. The molecule has 0 aliphatic rings. The van der Waals surface area contributed by atoms with Crippen molar-refractivity contribution in [1.29, 1.82) is 0 Å². The Kier molecular flexibility index (Phi) is 3.51. The number of nitrogens with two attached hydrogens (primary N) is 1. The minimum absolute atomic E-state index is 0.00620. The molecule has 0 saturated heterocycles. The zero-order valence-corrected chi connectivity index (χ0v) is 8.87. The Morgan fingerprint density at radius 3 is 2.67 bits per heavy atom. The van der Waals surface area contributed by atoms with E-state index in [4.69, 9.17) is 5.73 Å². The molecule has 0 unspecified atom stereocenters. The van der Waals surface area contributed by atoms with Gasteiger partial charge >= 0.3 is 5.82 Å². The highest BCUT2D eigenvalue weighted by Crippen LogP contribution is 2.32. The summed E-state index contributed by atoms with van der Waals surface area (Å²) in [5.74, 6) is -0.603. The van der Waals surface area contributed by atoms with Gasteiger partial charge in [-0.15, -0.1) is 0 Å². The van der Waals surface area contributed by atoms with Crippen molar-refractivity contribution in [2.75, 3.05) is 5.73 Å². The second kappa shape index (κ2) is 4.47. The van der Waals surface area contributed by atoms with Crippen LogP contribution in [-0.4, -0.2) is 9.91 Å². The molecule has 1 aromatic heterocycles. The summed E-state index contributed by atoms with van der Waals surface area (Å²) in [6, 6.07) is 0. The van der Waals surface area contributed by atoms with Gasteiger partial charge in [-0.05, 0) is 9.91 Å². The highest BCUT2D eigenvalue weighted by molar-refractivity contribution is 9.08. The number of halogens is 3. The monoisotopic (exact) mass is 281 g/mol. The number of pyridine rings is 1. The average molecular weight is 282 g/mol. The number of rotatable bonds is 3. The Hall–Kier alpha value is -1.31. The van der Waals surface area contributed by atoms with Gasteiger partial charge in [0.25, 0.3) is 6.43 Å². The van der Waals surface area contributed by atoms with Crippen molar-refractivity contribution in [1.82, 2.24) is 4.98 Å². The van der Waals surface area contributed by atoms with E-state index in [0.717, 1.165) is 6.20 Å². The second-order valence-electron chi connectivity index (χ2n) is 2.62. The Morgan fingerprint density at radius 2 is 2.27 bits per heavy atom. The van der Waals surface area contributed by atoms with Crippen molar-refractivity contribution in [2.45, 2.75) is 11.8 Å². The van der Waals surface area contributed by atoms with Crippen molar-refractivity contribution < 1.29 is 13.7 Å². The zero-order chi connectivity index (χ0) is 11.6. The van der Waals surface area contributed by atoms with Gasteiger partial charge in [0.05, 0.1) is 5.56 Å². The highest BCUT2D eigenvalue weighted by Gasteiger charge is 2.24. The van der Waals surface area contributed by atoms with Gasteiger partial charge in [-0.25, -0.2) is 8.78 Å². The van der Waals surface area contributed by atoms with Gasteiger partial charge in [0.15, 0.2) is 0 Å². The Bertz CT molecular complexity index is 400. The number of nitro groups is 1. The maximum absolute atomic E-state index is 12.4. The molecule has 0 saturated carbocycles. The molecule has 0 radical (unpaired) electrons. The first-order valence-electron chi connectivity index (χ1n) is 3.74. The number of anilines is 1. The first-order valence-corrected chi connectivity index (χ1v) is 4.87. The molecule has 15 heavy (non-hydrogen) atoms. The molecule has 82 valence electrons. The highest BCUT2D eigenvalue weighted by atomic mass is 79.9. The maximum Gasteiger partial charge on any atom is 0.387 e. The summed E-state index contributed by atoms with van der Waals surface area (Å²) in [4.78, 5) is 12.9. The molecule has 0 spiro atoms. The van der Waals surface area contributed by atoms with Crippen LogP contribution in [0.1, 0.15) is 17.6 Å². The Morgan fingerprint density at radius 1 is 1.67 bits per heavy atom. The van der Waals surface area contributed by atoms with Crippen LogP contribution in [0.4, 0.5) is 20.3 Å². The van der Waals surface area contributed by atoms with Gasteiger partial charge in [0.1, 0.15) is 11.9 Å². The van der Waals surface area contributed by atoms with Crippen LogP contribution in [0.25, 0.3) is 0 Å². The van der Waals surface area contributed by atoms with Crippen LogP contribution >= 0.6 is 15.9 Å². The summed E-state index contributed by atoms with van der Waals surface area (Å²) in [5.41, 5.74) is 4.65. The minimum Gasteiger partial charge on any atom is -0.392 e. The molecule has 0 aromatic carbocycles. The summed E-state index contributed by atoms with van der Waals surface area (Å²) in [6.45, 7) is 0. The third-order valence-corrected chi connectivity index (χ3v) is 2.34. The third-order valence-electron chi connectivity index (χ3n) is 1.78. The number of hydrogen-bond acceptors (Lipinski definition) is 4. The van der Waals surface area contributed by atoms with E-state index in [1.165, 1.54) is 0 Å². The van der Waals surface area contributed by atoms with Crippen LogP contribution in [0.15, 0.2) is 6.20 Å². The summed E-state index contributed by atoms with van der Waals surface area (Å²) in [6.07, 6.45) is -1.98. The lowest BCUT2D eigenvalue weighted by Crippen LogP contribution is -2.05. The summed E-state index contributed by atoms with van der Waals surface area (Å²) >= 11 is 2.95. The molecular formula is C7H6BrF2N3O2. The number of nitrogen functional groups attached to an aromatic ring is 1. The molecule has 0 atom stereocenters. The number of alkyl halides is 3. The van der Waals surface area contributed by atoms with E-state index in [0.29, 0.717) is 0 Å². The number of nitrogens with zero attached hydrogens (tertiary/aromatic N) is 2. The topological polar surface area (TPSA) is 82.0 Å². The van der Waals surface area contributed by atoms with Gasteiger partial charge < -0.3 is 15.8 Å². The van der Waals surface area contributed by atoms with Crippen molar-refractivity contribution in [2.24, 2.45) is 0 Å². The number of hydrogen-bond donors (Lipinski definition) is 1. The van der Waals surface area contributed by atoms with Gasteiger partial charge in [-0.3, -0.25) is 0 Å². The largest absolute Gasteiger partial charge is 0.392 e. The van der Waals surface area contributed by atoms with Crippen molar-refractivity contribution in [3.63, 3.8) is 0 Å². The van der Waals surface area contributed by atoms with Gasteiger partial charge in [0.2, 0.25) is 0 Å². The molecule has 0 fully saturated rings. The van der Waals surface area contributed by atoms with Crippen LogP contribution in [0, 0.1) is 10.1 Å². The molecule has 8 heteroatoms. The standard InChI is InChI=1S/C7H6BrF2N3O2/c8-1-3-4(6(9)10)2-12-7(5(3)11)13(14)15/h2,6H,1,11H2.